The van der Waals surface area contributed by atoms with Crippen molar-refractivity contribution >= 4 is 40.3 Å². The first-order valence-electron chi connectivity index (χ1n) is 6.73. The van der Waals surface area contributed by atoms with Crippen molar-refractivity contribution in [2.75, 3.05) is 26.9 Å². The van der Waals surface area contributed by atoms with Crippen LogP contribution in [0.1, 0.15) is 5.56 Å². The lowest BCUT2D eigenvalue weighted by Crippen LogP contribution is -2.31. The van der Waals surface area contributed by atoms with E-state index in [1.165, 1.54) is 11.8 Å². The maximum Gasteiger partial charge on any atom is 0.266 e. The maximum atomic E-state index is 12.3. The number of hydrogen-bond acceptors (Lipinski definition) is 5. The first-order chi connectivity index (χ1) is 10.7. The third-order valence-electron chi connectivity index (χ3n) is 2.94. The molecule has 4 nitrogen and oxygen atoms in total. The van der Waals surface area contributed by atoms with Gasteiger partial charge in [0, 0.05) is 7.11 Å². The zero-order valence-corrected chi connectivity index (χ0v) is 13.9. The van der Waals surface area contributed by atoms with Gasteiger partial charge in [-0.2, -0.15) is 0 Å². The van der Waals surface area contributed by atoms with Gasteiger partial charge < -0.3 is 9.47 Å². The largest absolute Gasteiger partial charge is 0.490 e. The van der Waals surface area contributed by atoms with Crippen LogP contribution in [0, 0.1) is 0 Å². The second-order valence-corrected chi connectivity index (χ2v) is 6.17. The van der Waals surface area contributed by atoms with E-state index in [1.807, 2.05) is 30.3 Å². The third-order valence-corrected chi connectivity index (χ3v) is 4.32. The summed E-state index contributed by atoms with van der Waals surface area (Å²) in [7, 11) is 1.60. The smallest absolute Gasteiger partial charge is 0.266 e. The van der Waals surface area contributed by atoms with Gasteiger partial charge in [-0.25, -0.2) is 0 Å². The highest BCUT2D eigenvalue weighted by Crippen LogP contribution is 2.32. The monoisotopic (exact) mass is 335 g/mol. The Hall–Kier alpha value is -1.63. The summed E-state index contributed by atoms with van der Waals surface area (Å²) in [5.41, 5.74) is 0.929. The number of methoxy groups -OCH3 is 1. The molecule has 1 aliphatic rings. The Morgan fingerprint density at radius 3 is 2.73 bits per heavy atom. The summed E-state index contributed by atoms with van der Waals surface area (Å²) in [5, 5.41) is 0. The van der Waals surface area contributed by atoms with Crippen molar-refractivity contribution in [2.45, 2.75) is 0 Å². The highest BCUT2D eigenvalue weighted by atomic mass is 32.2. The van der Waals surface area contributed by atoms with Crippen LogP contribution in [0.4, 0.5) is 0 Å². The van der Waals surface area contributed by atoms with Crippen LogP contribution in [0.3, 0.4) is 0 Å². The summed E-state index contributed by atoms with van der Waals surface area (Å²) in [5.74, 6) is 0.698. The molecule has 0 N–H and O–H groups in total. The van der Waals surface area contributed by atoms with E-state index >= 15 is 0 Å². The molecule has 0 aromatic heterocycles. The second kappa shape index (κ2) is 8.12. The standard InChI is InChI=1S/C16H17NO3S2/c1-3-9-20-13-6-4-12(5-7-13)11-14-15(18)17(8-10-19-2)16(21)22-14/h3-7,11H,1,8-10H2,2H3/b14-11+. The Morgan fingerprint density at radius 1 is 1.36 bits per heavy atom. The predicted octanol–water partition coefficient (Wildman–Crippen LogP) is 3.10. The maximum absolute atomic E-state index is 12.3. The summed E-state index contributed by atoms with van der Waals surface area (Å²) in [6.45, 7) is 5.02. The molecule has 0 unspecified atom stereocenters. The molecule has 22 heavy (non-hydrogen) atoms. The van der Waals surface area contributed by atoms with Gasteiger partial charge in [-0.05, 0) is 23.8 Å². The molecule has 1 heterocycles. The number of thioether (sulfide) groups is 1. The summed E-state index contributed by atoms with van der Waals surface area (Å²) in [4.78, 5) is 14.5. The van der Waals surface area contributed by atoms with Crippen LogP contribution >= 0.6 is 24.0 Å². The number of benzene rings is 1. The molecule has 0 bridgehead atoms. The third kappa shape index (κ3) is 4.19. The molecule has 1 aromatic rings. The Balaban J connectivity index is 2.07. The van der Waals surface area contributed by atoms with E-state index in [-0.39, 0.29) is 5.91 Å². The zero-order valence-electron chi connectivity index (χ0n) is 12.3. The Morgan fingerprint density at radius 2 is 2.09 bits per heavy atom. The van der Waals surface area contributed by atoms with Gasteiger partial charge in [-0.15, -0.1) is 0 Å². The molecule has 1 aromatic carbocycles. The Bertz CT molecular complexity index is 596. The molecule has 0 aliphatic carbocycles. The van der Waals surface area contributed by atoms with Gasteiger partial charge in [-0.1, -0.05) is 48.8 Å². The normalized spacial score (nSPS) is 16.4. The van der Waals surface area contributed by atoms with E-state index in [1.54, 1.807) is 18.1 Å². The van der Waals surface area contributed by atoms with Gasteiger partial charge in [0.1, 0.15) is 16.7 Å². The van der Waals surface area contributed by atoms with Crippen molar-refractivity contribution in [3.63, 3.8) is 0 Å². The summed E-state index contributed by atoms with van der Waals surface area (Å²) in [6.07, 6.45) is 3.53. The molecular formula is C16H17NO3S2. The molecule has 116 valence electrons. The van der Waals surface area contributed by atoms with Crippen LogP contribution in [0.25, 0.3) is 6.08 Å². The first kappa shape index (κ1) is 16.7. The fourth-order valence-electron chi connectivity index (χ4n) is 1.84. The summed E-state index contributed by atoms with van der Waals surface area (Å²) in [6, 6.07) is 7.53. The van der Waals surface area contributed by atoms with Crippen LogP contribution in [0.2, 0.25) is 0 Å². The predicted molar refractivity (Wildman–Crippen MR) is 93.9 cm³/mol. The molecule has 1 aliphatic heterocycles. The van der Waals surface area contributed by atoms with Crippen molar-refractivity contribution in [3.05, 3.63) is 47.4 Å². The molecular weight excluding hydrogens is 318 g/mol. The van der Waals surface area contributed by atoms with Gasteiger partial charge in [0.2, 0.25) is 0 Å². The average molecular weight is 335 g/mol. The van der Waals surface area contributed by atoms with E-state index in [0.29, 0.717) is 29.0 Å². The summed E-state index contributed by atoms with van der Waals surface area (Å²) >= 11 is 6.55. The topological polar surface area (TPSA) is 38.8 Å². The van der Waals surface area contributed by atoms with Crippen molar-refractivity contribution in [1.82, 2.24) is 4.90 Å². The SMILES string of the molecule is C=CCOc1ccc(/C=C2/SC(=S)N(CCOC)C2=O)cc1. The molecule has 1 fully saturated rings. The molecule has 1 amide bonds. The molecule has 2 rings (SSSR count). The van der Waals surface area contributed by atoms with E-state index in [9.17, 15) is 4.79 Å². The first-order valence-corrected chi connectivity index (χ1v) is 7.96. The fraction of sp³-hybridized carbons (Fsp3) is 0.250. The highest BCUT2D eigenvalue weighted by Gasteiger charge is 2.31. The van der Waals surface area contributed by atoms with Crippen LogP contribution < -0.4 is 4.74 Å². The van der Waals surface area contributed by atoms with Crippen LogP contribution in [0.15, 0.2) is 41.8 Å². The lowest BCUT2D eigenvalue weighted by Gasteiger charge is -2.12. The quantitative estimate of drug-likeness (QED) is 0.435. The molecule has 0 saturated carbocycles. The number of nitrogens with zero attached hydrogens (tertiary/aromatic N) is 1. The van der Waals surface area contributed by atoms with Gasteiger partial charge in [0.25, 0.3) is 5.91 Å². The van der Waals surface area contributed by atoms with Gasteiger partial charge >= 0.3 is 0 Å². The van der Waals surface area contributed by atoms with Crippen LogP contribution in [0.5, 0.6) is 5.75 Å². The van der Waals surface area contributed by atoms with Crippen molar-refractivity contribution in [1.29, 1.82) is 0 Å². The average Bonchev–Trinajstić information content (AvgIpc) is 2.79. The number of thiocarbonyl (C=S) groups is 1. The minimum Gasteiger partial charge on any atom is -0.490 e. The number of amides is 1. The minimum absolute atomic E-state index is 0.0703. The molecule has 0 atom stereocenters. The Kier molecular flexibility index (Phi) is 6.18. The minimum atomic E-state index is -0.0703. The number of carbonyl (C=O) groups excluding carboxylic acids is 1. The van der Waals surface area contributed by atoms with Gasteiger partial charge in [0.15, 0.2) is 0 Å². The molecule has 0 spiro atoms. The second-order valence-electron chi connectivity index (χ2n) is 4.49. The van der Waals surface area contributed by atoms with E-state index in [2.05, 4.69) is 6.58 Å². The van der Waals surface area contributed by atoms with Gasteiger partial charge in [0.05, 0.1) is 18.1 Å². The van der Waals surface area contributed by atoms with Crippen molar-refractivity contribution < 1.29 is 14.3 Å². The van der Waals surface area contributed by atoms with Gasteiger partial charge in [-0.3, -0.25) is 9.69 Å². The zero-order chi connectivity index (χ0) is 15.9. The number of hydrogen-bond donors (Lipinski definition) is 0. The number of carbonyl (C=O) groups is 1. The van der Waals surface area contributed by atoms with E-state index < -0.39 is 0 Å². The fourth-order valence-corrected chi connectivity index (χ4v) is 3.15. The van der Waals surface area contributed by atoms with Crippen molar-refractivity contribution in [2.24, 2.45) is 0 Å². The molecule has 6 heteroatoms. The van der Waals surface area contributed by atoms with E-state index in [0.717, 1.165) is 11.3 Å². The number of rotatable bonds is 7. The van der Waals surface area contributed by atoms with Crippen molar-refractivity contribution in [3.8, 4) is 5.75 Å². The molecule has 0 radical (unpaired) electrons. The lowest BCUT2D eigenvalue weighted by molar-refractivity contribution is -0.122. The van der Waals surface area contributed by atoms with Crippen LogP contribution in [-0.4, -0.2) is 42.0 Å². The molecule has 1 saturated heterocycles. The Labute approximate surface area is 139 Å². The lowest BCUT2D eigenvalue weighted by atomic mass is 10.2. The number of ether oxygens (including phenoxy) is 2. The van der Waals surface area contributed by atoms with E-state index in [4.69, 9.17) is 21.7 Å². The summed E-state index contributed by atoms with van der Waals surface area (Å²) < 4.78 is 11.0. The van der Waals surface area contributed by atoms with Crippen LogP contribution in [-0.2, 0) is 9.53 Å². The highest BCUT2D eigenvalue weighted by molar-refractivity contribution is 8.26.